The molecule has 2 aromatic heterocycles. The van der Waals surface area contributed by atoms with Crippen molar-refractivity contribution >= 4 is 31.6 Å². The van der Waals surface area contributed by atoms with Gasteiger partial charge in [0.25, 0.3) is 0 Å². The van der Waals surface area contributed by atoms with Crippen LogP contribution in [-0.4, -0.2) is 31.7 Å². The first kappa shape index (κ1) is 34.7. The van der Waals surface area contributed by atoms with Crippen LogP contribution in [0.5, 0.6) is 11.5 Å². The van der Waals surface area contributed by atoms with Gasteiger partial charge in [0.15, 0.2) is 0 Å². The Kier molecular flexibility index (Phi) is 10.2. The summed E-state index contributed by atoms with van der Waals surface area (Å²) in [5, 5.41) is 0. The van der Waals surface area contributed by atoms with E-state index in [1.54, 1.807) is 0 Å². The van der Waals surface area contributed by atoms with Crippen LogP contribution in [0.4, 0.5) is 0 Å². The Morgan fingerprint density at radius 1 is 0.510 bits per heavy atom. The number of rotatable bonds is 8. The fourth-order valence-corrected chi connectivity index (χ4v) is 14.8. The molecule has 0 N–H and O–H groups in total. The zero-order valence-electron chi connectivity index (χ0n) is 30.0. The molecular weight excluding hydrogens is 793 g/mol. The fraction of sp³-hybridized carbons (Fsp3) is 0.244. The van der Waals surface area contributed by atoms with Gasteiger partial charge in [-0.1, -0.05) is 13.8 Å². The molecule has 6 aromatic rings. The van der Waals surface area contributed by atoms with Crippen LogP contribution in [-0.2, 0) is 10.8 Å². The van der Waals surface area contributed by atoms with Gasteiger partial charge in [-0.2, -0.15) is 0 Å². The maximum absolute atomic E-state index is 6.83. The molecule has 6 rings (SSSR count). The minimum atomic E-state index is -2.56. The van der Waals surface area contributed by atoms with E-state index in [0.717, 1.165) is 34.0 Å². The van der Waals surface area contributed by atoms with Crippen molar-refractivity contribution in [3.8, 4) is 34.0 Å². The van der Waals surface area contributed by atoms with Gasteiger partial charge in [0, 0.05) is 6.20 Å². The van der Waals surface area contributed by atoms with Crippen molar-refractivity contribution in [2.75, 3.05) is 0 Å². The Labute approximate surface area is 301 Å². The van der Waals surface area contributed by atoms with Crippen molar-refractivity contribution in [1.82, 2.24) is 9.97 Å². The van der Waals surface area contributed by atoms with E-state index in [9.17, 15) is 0 Å². The topological polar surface area (TPSA) is 35.0 Å². The van der Waals surface area contributed by atoms with E-state index in [2.05, 4.69) is 177 Å². The van der Waals surface area contributed by atoms with Crippen LogP contribution in [0.2, 0.25) is 0 Å². The van der Waals surface area contributed by atoms with E-state index in [-0.39, 0.29) is 10.8 Å². The molecule has 0 fully saturated rings. The molecule has 0 spiro atoms. The number of benzene rings is 4. The van der Waals surface area contributed by atoms with Gasteiger partial charge in [0.1, 0.15) is 0 Å². The molecule has 49 heavy (non-hydrogen) atoms. The van der Waals surface area contributed by atoms with Gasteiger partial charge < -0.3 is 0 Å². The number of nitrogens with zero attached hydrogens (tertiary/aromatic N) is 2. The molecule has 0 aliphatic rings. The number of aromatic nitrogens is 2. The summed E-state index contributed by atoms with van der Waals surface area (Å²) in [5.41, 5.74) is 7.60. The van der Waals surface area contributed by atoms with Gasteiger partial charge in [-0.05, 0) is 17.5 Å². The predicted molar refractivity (Wildman–Crippen MR) is 208 cm³/mol. The first-order valence-electron chi connectivity index (χ1n) is 17.2. The Bertz CT molecular complexity index is 2000. The quantitative estimate of drug-likeness (QED) is 0.143. The second kappa shape index (κ2) is 14.4. The number of hydrogen-bond acceptors (Lipinski definition) is 3. The number of hydrogen-bond donors (Lipinski definition) is 0. The van der Waals surface area contributed by atoms with Crippen molar-refractivity contribution in [2.24, 2.45) is 0 Å². The number of ether oxygens (including phenoxy) is 1. The van der Waals surface area contributed by atoms with E-state index in [4.69, 9.17) is 14.7 Å². The second-order valence-electron chi connectivity index (χ2n) is 15.1. The summed E-state index contributed by atoms with van der Waals surface area (Å²) in [6.07, 6.45) is 3.90. The second-order valence-corrected chi connectivity index (χ2v) is 23.8. The van der Waals surface area contributed by atoms with Crippen LogP contribution < -0.4 is 14.6 Å². The van der Waals surface area contributed by atoms with Gasteiger partial charge in [0.2, 0.25) is 0 Å². The minimum absolute atomic E-state index is 0.0632. The van der Waals surface area contributed by atoms with Gasteiger partial charge in [0.05, 0.1) is 0 Å². The van der Waals surface area contributed by atoms with Crippen molar-refractivity contribution < 1.29 is 4.74 Å². The molecule has 0 unspecified atom stereocenters. The molecule has 0 bridgehead atoms. The summed E-state index contributed by atoms with van der Waals surface area (Å²) in [4.78, 5) is 9.71. The van der Waals surface area contributed by atoms with E-state index in [0.29, 0.717) is 5.92 Å². The average Bonchev–Trinajstić information content (AvgIpc) is 3.08. The maximum atomic E-state index is 6.83. The van der Waals surface area contributed by atoms with Crippen LogP contribution in [0.25, 0.3) is 22.5 Å². The first-order chi connectivity index (χ1) is 23.3. The zero-order valence-corrected chi connectivity index (χ0v) is 33.5. The van der Waals surface area contributed by atoms with E-state index < -0.39 is 21.8 Å². The third kappa shape index (κ3) is 8.36. The molecule has 0 amide bonds. The van der Waals surface area contributed by atoms with Crippen LogP contribution in [0.3, 0.4) is 0 Å². The van der Waals surface area contributed by atoms with E-state index in [1.807, 2.05) is 12.4 Å². The van der Waals surface area contributed by atoms with E-state index in [1.165, 1.54) is 26.5 Å². The van der Waals surface area contributed by atoms with Crippen molar-refractivity contribution in [3.63, 3.8) is 0 Å². The Morgan fingerprint density at radius 3 is 1.45 bits per heavy atom. The first-order valence-corrected chi connectivity index (χ1v) is 22.4. The molecule has 2 heterocycles. The molecule has 0 aliphatic carbocycles. The molecular formula is C45H47BiN2O. The number of pyridine rings is 2. The molecule has 0 aliphatic heterocycles. The van der Waals surface area contributed by atoms with Gasteiger partial charge in [-0.25, -0.2) is 0 Å². The van der Waals surface area contributed by atoms with Gasteiger partial charge >= 0.3 is 265 Å². The van der Waals surface area contributed by atoms with Gasteiger partial charge in [-0.15, -0.1) is 0 Å². The van der Waals surface area contributed by atoms with Crippen LogP contribution >= 0.6 is 0 Å². The molecule has 4 heteroatoms. The molecule has 0 saturated heterocycles. The Morgan fingerprint density at radius 2 is 0.980 bits per heavy atom. The zero-order chi connectivity index (χ0) is 34.8. The third-order valence-electron chi connectivity index (χ3n) is 8.85. The Hall–Kier alpha value is -4.14. The monoisotopic (exact) mass is 840 g/mol. The van der Waals surface area contributed by atoms with Gasteiger partial charge in [-0.3, -0.25) is 0 Å². The third-order valence-corrected chi connectivity index (χ3v) is 18.3. The molecule has 0 saturated carbocycles. The molecule has 248 valence electrons. The SMILES string of the molecule is CC(C)c1ccnc(-c2cc(Oc3cc(-c4c[c]([Bi]([c]5ccccc5)[c]5ccccc5)ccn4)cc(C(C)(C)C)c3)cc(C(C)(C)C)c2)c1. The Balaban J connectivity index is 1.44. The molecule has 3 nitrogen and oxygen atoms in total. The summed E-state index contributed by atoms with van der Waals surface area (Å²) in [6.45, 7) is 17.9. The normalized spacial score (nSPS) is 12.0. The van der Waals surface area contributed by atoms with Crippen LogP contribution in [0, 0.1) is 0 Å². The molecule has 4 aromatic carbocycles. The standard InChI is InChI=1S/C33H37N2O.2C6H5.Bi/c1-22(2)23-12-14-35-31(19-23)25-16-27(33(6,7)8)21-29(18-25)36-28-17-24(30-11-9-10-13-34-30)15-26(20-28)32(3,4)5;2*1-2-4-6-5-3-1;/h10-22H,1-8H3;2*1-5H;. The van der Waals surface area contributed by atoms with Crippen molar-refractivity contribution in [2.45, 2.75) is 72.1 Å². The summed E-state index contributed by atoms with van der Waals surface area (Å²) < 4.78 is 11.1. The summed E-state index contributed by atoms with van der Waals surface area (Å²) in [7, 11) is 0. The van der Waals surface area contributed by atoms with Crippen molar-refractivity contribution in [3.05, 3.63) is 150 Å². The molecule has 0 radical (unpaired) electrons. The fourth-order valence-electron chi connectivity index (χ4n) is 5.90. The average molecular weight is 841 g/mol. The van der Waals surface area contributed by atoms with Crippen LogP contribution in [0.15, 0.2) is 134 Å². The summed E-state index contributed by atoms with van der Waals surface area (Å²) in [5.74, 6) is 2.04. The molecule has 0 atom stereocenters. The van der Waals surface area contributed by atoms with Crippen molar-refractivity contribution in [1.29, 1.82) is 0 Å². The van der Waals surface area contributed by atoms with E-state index >= 15 is 0 Å². The summed E-state index contributed by atoms with van der Waals surface area (Å²) in [6, 6.07) is 44.1. The predicted octanol–water partition coefficient (Wildman–Crippen LogP) is 9.84. The van der Waals surface area contributed by atoms with Crippen LogP contribution in [0.1, 0.15) is 78.0 Å². The summed E-state index contributed by atoms with van der Waals surface area (Å²) >= 11 is -2.56.